The summed E-state index contributed by atoms with van der Waals surface area (Å²) < 4.78 is 0. The van der Waals surface area contributed by atoms with Crippen LogP contribution < -0.4 is 5.32 Å². The van der Waals surface area contributed by atoms with Crippen LogP contribution in [0.1, 0.15) is 15.9 Å². The van der Waals surface area contributed by atoms with Gasteiger partial charge < -0.3 is 10.3 Å². The molecule has 1 heterocycles. The highest BCUT2D eigenvalue weighted by molar-refractivity contribution is 6.30. The van der Waals surface area contributed by atoms with E-state index in [1.54, 1.807) is 24.3 Å². The molecule has 21 heavy (non-hydrogen) atoms. The maximum atomic E-state index is 12.0. The van der Waals surface area contributed by atoms with E-state index in [1.165, 1.54) is 10.9 Å². The molecule has 2 N–H and O–H groups in total. The number of para-hydroxylation sites is 1. The van der Waals surface area contributed by atoms with Crippen molar-refractivity contribution in [1.82, 2.24) is 10.3 Å². The quantitative estimate of drug-likeness (QED) is 0.756. The fourth-order valence-electron chi connectivity index (χ4n) is 2.38. The van der Waals surface area contributed by atoms with Crippen molar-refractivity contribution in [1.29, 1.82) is 0 Å². The Morgan fingerprint density at radius 1 is 1.14 bits per heavy atom. The van der Waals surface area contributed by atoms with Crippen LogP contribution in [0.3, 0.4) is 0 Å². The van der Waals surface area contributed by atoms with Gasteiger partial charge in [-0.25, -0.2) is 0 Å². The molecule has 0 aliphatic heterocycles. The van der Waals surface area contributed by atoms with Crippen molar-refractivity contribution in [2.75, 3.05) is 6.54 Å². The fourth-order valence-corrected chi connectivity index (χ4v) is 2.57. The Hall–Kier alpha value is -2.26. The highest BCUT2D eigenvalue weighted by Crippen LogP contribution is 2.17. The highest BCUT2D eigenvalue weighted by atomic mass is 35.5. The molecule has 0 bridgehead atoms. The summed E-state index contributed by atoms with van der Waals surface area (Å²) >= 11 is 5.89. The van der Waals surface area contributed by atoms with Gasteiger partial charge in [0.2, 0.25) is 0 Å². The second-order valence-electron chi connectivity index (χ2n) is 4.88. The van der Waals surface area contributed by atoms with Crippen molar-refractivity contribution in [3.8, 4) is 0 Å². The molecular formula is C17H15ClN2O. The van der Waals surface area contributed by atoms with Crippen LogP contribution >= 0.6 is 11.6 Å². The van der Waals surface area contributed by atoms with Crippen molar-refractivity contribution < 1.29 is 4.79 Å². The topological polar surface area (TPSA) is 44.9 Å². The summed E-state index contributed by atoms with van der Waals surface area (Å²) in [4.78, 5) is 15.2. The molecular weight excluding hydrogens is 284 g/mol. The van der Waals surface area contributed by atoms with E-state index in [4.69, 9.17) is 11.6 Å². The summed E-state index contributed by atoms with van der Waals surface area (Å²) in [6.45, 7) is 0.590. The Morgan fingerprint density at radius 2 is 2.00 bits per heavy atom. The first kappa shape index (κ1) is 13.7. The summed E-state index contributed by atoms with van der Waals surface area (Å²) in [6.07, 6.45) is 2.78. The van der Waals surface area contributed by atoms with Crippen LogP contribution in [0.15, 0.2) is 54.7 Å². The number of hydrogen-bond donors (Lipinski definition) is 2. The number of fused-ring (bicyclic) bond motifs is 1. The van der Waals surface area contributed by atoms with Crippen LogP contribution in [-0.4, -0.2) is 17.4 Å². The summed E-state index contributed by atoms with van der Waals surface area (Å²) in [6, 6.07) is 15.1. The largest absolute Gasteiger partial charge is 0.361 e. The molecule has 4 heteroatoms. The molecule has 0 aliphatic carbocycles. The molecule has 0 radical (unpaired) electrons. The second-order valence-corrected chi connectivity index (χ2v) is 5.31. The number of amides is 1. The number of aromatic nitrogens is 1. The van der Waals surface area contributed by atoms with Gasteiger partial charge in [0, 0.05) is 34.2 Å². The molecule has 2 aromatic carbocycles. The lowest BCUT2D eigenvalue weighted by atomic mass is 10.1. The van der Waals surface area contributed by atoms with E-state index >= 15 is 0 Å². The van der Waals surface area contributed by atoms with Gasteiger partial charge in [-0.2, -0.15) is 0 Å². The van der Waals surface area contributed by atoms with E-state index < -0.39 is 0 Å². The number of H-pyrrole nitrogens is 1. The van der Waals surface area contributed by atoms with Gasteiger partial charge in [-0.15, -0.1) is 0 Å². The summed E-state index contributed by atoms with van der Waals surface area (Å²) in [5, 5.41) is 4.69. The first-order valence-electron chi connectivity index (χ1n) is 6.83. The monoisotopic (exact) mass is 298 g/mol. The minimum Gasteiger partial charge on any atom is -0.361 e. The van der Waals surface area contributed by atoms with E-state index in [1.807, 2.05) is 24.4 Å². The third kappa shape index (κ3) is 3.09. The zero-order valence-corrected chi connectivity index (χ0v) is 12.2. The number of carbonyl (C=O) groups excluding carboxylic acids is 1. The molecule has 3 rings (SSSR count). The van der Waals surface area contributed by atoms with Crippen molar-refractivity contribution >= 4 is 28.4 Å². The number of halogens is 1. The van der Waals surface area contributed by atoms with Gasteiger partial charge in [0.15, 0.2) is 0 Å². The van der Waals surface area contributed by atoms with E-state index in [0.717, 1.165) is 11.9 Å². The SMILES string of the molecule is O=C(NCCc1c[nH]c2ccccc12)c1cccc(Cl)c1. The number of carbonyl (C=O) groups is 1. The molecule has 1 amide bonds. The average Bonchev–Trinajstić information content (AvgIpc) is 2.91. The number of nitrogens with one attached hydrogen (secondary N) is 2. The van der Waals surface area contributed by atoms with Crippen LogP contribution in [0.2, 0.25) is 5.02 Å². The smallest absolute Gasteiger partial charge is 0.251 e. The van der Waals surface area contributed by atoms with Gasteiger partial charge in [-0.1, -0.05) is 35.9 Å². The Balaban J connectivity index is 1.62. The molecule has 0 unspecified atom stereocenters. The van der Waals surface area contributed by atoms with E-state index in [0.29, 0.717) is 17.1 Å². The van der Waals surface area contributed by atoms with Gasteiger partial charge in [0.05, 0.1) is 0 Å². The predicted molar refractivity (Wildman–Crippen MR) is 85.8 cm³/mol. The maximum absolute atomic E-state index is 12.0. The molecule has 0 spiro atoms. The minimum absolute atomic E-state index is 0.0997. The fraction of sp³-hybridized carbons (Fsp3) is 0.118. The summed E-state index contributed by atoms with van der Waals surface area (Å²) in [7, 11) is 0. The van der Waals surface area contributed by atoms with Crippen LogP contribution in [0.25, 0.3) is 10.9 Å². The first-order valence-corrected chi connectivity index (χ1v) is 7.20. The average molecular weight is 299 g/mol. The summed E-state index contributed by atoms with van der Waals surface area (Å²) in [5.41, 5.74) is 2.91. The third-order valence-corrected chi connectivity index (χ3v) is 3.68. The van der Waals surface area contributed by atoms with Gasteiger partial charge in [-0.05, 0) is 36.2 Å². The van der Waals surface area contributed by atoms with Crippen molar-refractivity contribution in [2.24, 2.45) is 0 Å². The lowest BCUT2D eigenvalue weighted by Crippen LogP contribution is -2.25. The lowest BCUT2D eigenvalue weighted by Gasteiger charge is -2.05. The van der Waals surface area contributed by atoms with Crippen LogP contribution in [-0.2, 0) is 6.42 Å². The molecule has 0 saturated heterocycles. The van der Waals surface area contributed by atoms with Gasteiger partial charge >= 0.3 is 0 Å². The van der Waals surface area contributed by atoms with Gasteiger partial charge in [0.1, 0.15) is 0 Å². The standard InChI is InChI=1S/C17H15ClN2O/c18-14-5-3-4-12(10-14)17(21)19-9-8-13-11-20-16-7-2-1-6-15(13)16/h1-7,10-11,20H,8-9H2,(H,19,21). The van der Waals surface area contributed by atoms with Gasteiger partial charge in [0.25, 0.3) is 5.91 Å². The second kappa shape index (κ2) is 6.02. The number of hydrogen-bond acceptors (Lipinski definition) is 1. The first-order chi connectivity index (χ1) is 10.2. The molecule has 106 valence electrons. The Kier molecular flexibility index (Phi) is 3.93. The summed E-state index contributed by atoms with van der Waals surface area (Å²) in [5.74, 6) is -0.0997. The van der Waals surface area contributed by atoms with E-state index in [-0.39, 0.29) is 5.91 Å². The molecule has 0 atom stereocenters. The molecule has 0 saturated carbocycles. The number of benzene rings is 2. The van der Waals surface area contributed by atoms with Crippen molar-refractivity contribution in [3.05, 3.63) is 70.9 Å². The van der Waals surface area contributed by atoms with E-state index in [9.17, 15) is 4.79 Å². The third-order valence-electron chi connectivity index (χ3n) is 3.44. The Bertz CT molecular complexity index is 779. The van der Waals surface area contributed by atoms with E-state index in [2.05, 4.69) is 16.4 Å². The molecule has 0 fully saturated rings. The number of aromatic amines is 1. The molecule has 1 aromatic heterocycles. The zero-order chi connectivity index (χ0) is 14.7. The normalized spacial score (nSPS) is 10.7. The minimum atomic E-state index is -0.0997. The number of rotatable bonds is 4. The predicted octanol–water partition coefficient (Wildman–Crippen LogP) is 3.79. The zero-order valence-electron chi connectivity index (χ0n) is 11.4. The van der Waals surface area contributed by atoms with Crippen molar-refractivity contribution in [2.45, 2.75) is 6.42 Å². The van der Waals surface area contributed by atoms with Crippen LogP contribution in [0, 0.1) is 0 Å². The molecule has 3 nitrogen and oxygen atoms in total. The highest BCUT2D eigenvalue weighted by Gasteiger charge is 2.06. The Morgan fingerprint density at radius 3 is 2.86 bits per heavy atom. The molecule has 3 aromatic rings. The Labute approximate surface area is 127 Å². The van der Waals surface area contributed by atoms with Crippen LogP contribution in [0.5, 0.6) is 0 Å². The van der Waals surface area contributed by atoms with Gasteiger partial charge in [-0.3, -0.25) is 4.79 Å². The van der Waals surface area contributed by atoms with Crippen molar-refractivity contribution in [3.63, 3.8) is 0 Å². The molecule has 0 aliphatic rings. The lowest BCUT2D eigenvalue weighted by molar-refractivity contribution is 0.0954. The maximum Gasteiger partial charge on any atom is 0.251 e. The van der Waals surface area contributed by atoms with Crippen LogP contribution in [0.4, 0.5) is 0 Å².